The Labute approximate surface area is 195 Å². The van der Waals surface area contributed by atoms with E-state index in [0.29, 0.717) is 27.0 Å². The van der Waals surface area contributed by atoms with Crippen LogP contribution in [0.25, 0.3) is 16.4 Å². The summed E-state index contributed by atoms with van der Waals surface area (Å²) < 4.78 is 9.50. The molecule has 2 aliphatic rings. The van der Waals surface area contributed by atoms with Crippen molar-refractivity contribution in [3.8, 4) is 5.75 Å². The van der Waals surface area contributed by atoms with Crippen LogP contribution in [0.4, 0.5) is 0 Å². The number of nitrogens with zero attached hydrogens (tertiary/aromatic N) is 6. The summed E-state index contributed by atoms with van der Waals surface area (Å²) in [6.07, 6.45) is 9.88. The molecule has 9 heteroatoms. The van der Waals surface area contributed by atoms with E-state index in [1.54, 1.807) is 25.6 Å². The first-order chi connectivity index (χ1) is 16.0. The normalized spacial score (nSPS) is 18.0. The molecule has 1 saturated heterocycles. The van der Waals surface area contributed by atoms with Gasteiger partial charge in [0.2, 0.25) is 0 Å². The minimum absolute atomic E-state index is 0.176. The molecular formula is C24H25ClN6O2. The van der Waals surface area contributed by atoms with Gasteiger partial charge in [0.15, 0.2) is 5.65 Å². The van der Waals surface area contributed by atoms with Gasteiger partial charge in [-0.3, -0.25) is 9.20 Å². The zero-order chi connectivity index (χ0) is 22.6. The highest BCUT2D eigenvalue weighted by atomic mass is 35.5. The topological polar surface area (TPSA) is 77.6 Å². The molecular weight excluding hydrogens is 440 g/mol. The predicted molar refractivity (Wildman–Crippen MR) is 126 cm³/mol. The van der Waals surface area contributed by atoms with Crippen LogP contribution in [0.1, 0.15) is 24.8 Å². The van der Waals surface area contributed by atoms with E-state index >= 15 is 0 Å². The maximum Gasteiger partial charge on any atom is 0.276 e. The molecule has 0 bridgehead atoms. The number of rotatable bonds is 6. The quantitative estimate of drug-likeness (QED) is 0.436. The smallest absolute Gasteiger partial charge is 0.276 e. The molecule has 1 aliphatic heterocycles. The summed E-state index contributed by atoms with van der Waals surface area (Å²) in [5.74, 6) is 0.695. The molecule has 4 aromatic rings. The van der Waals surface area contributed by atoms with Crippen LogP contribution >= 0.6 is 11.6 Å². The summed E-state index contributed by atoms with van der Waals surface area (Å²) in [6.45, 7) is 3.39. The van der Waals surface area contributed by atoms with Crippen LogP contribution in [0.15, 0.2) is 47.8 Å². The van der Waals surface area contributed by atoms with Crippen LogP contribution in [0.2, 0.25) is 5.02 Å². The third kappa shape index (κ3) is 3.67. The summed E-state index contributed by atoms with van der Waals surface area (Å²) in [5, 5.41) is 13.8. The second kappa shape index (κ2) is 7.81. The van der Waals surface area contributed by atoms with Gasteiger partial charge in [-0.1, -0.05) is 11.6 Å². The molecule has 170 valence electrons. The Morgan fingerprint density at radius 1 is 1.24 bits per heavy atom. The maximum absolute atomic E-state index is 12.4. The molecule has 33 heavy (non-hydrogen) atoms. The molecule has 8 nitrogen and oxygen atoms in total. The number of aromatic nitrogens is 5. The summed E-state index contributed by atoms with van der Waals surface area (Å²) in [4.78, 5) is 15.0. The number of aryl methyl sites for hydroxylation is 2. The first kappa shape index (κ1) is 20.6. The lowest BCUT2D eigenvalue weighted by Gasteiger charge is -2.58. The summed E-state index contributed by atoms with van der Waals surface area (Å²) >= 11 is 6.28. The molecule has 0 amide bonds. The molecule has 1 spiro atoms. The molecule has 2 fully saturated rings. The van der Waals surface area contributed by atoms with Crippen LogP contribution in [-0.4, -0.2) is 55.0 Å². The zero-order valence-corrected chi connectivity index (χ0v) is 19.2. The van der Waals surface area contributed by atoms with Gasteiger partial charge in [0.1, 0.15) is 12.1 Å². The number of benzene rings is 1. The summed E-state index contributed by atoms with van der Waals surface area (Å²) in [5.41, 5.74) is 2.40. The van der Waals surface area contributed by atoms with Crippen LogP contribution in [0, 0.1) is 5.41 Å². The molecule has 0 N–H and O–H groups in total. The maximum atomic E-state index is 12.4. The van der Waals surface area contributed by atoms with Crippen molar-refractivity contribution in [1.82, 2.24) is 29.3 Å². The number of pyridine rings is 1. The molecule has 3 aromatic heterocycles. The highest BCUT2D eigenvalue weighted by molar-refractivity contribution is 6.35. The standard InChI is InChI=1S/C24H25ClN6O2/c1-29-23(32)22-18(12-27-29)20(5-4-19(22)25)33-17-10-24(11-17)13-30(14-24)7-2-3-16-6-8-31-15-26-28-21(31)9-16/h4-6,8-9,12,15,17H,2-3,7,10-11,13-14H2,1H3. The van der Waals surface area contributed by atoms with Crippen LogP contribution in [0.5, 0.6) is 5.75 Å². The van der Waals surface area contributed by atoms with E-state index in [1.807, 2.05) is 16.7 Å². The van der Waals surface area contributed by atoms with Gasteiger partial charge in [0, 0.05) is 31.7 Å². The lowest BCUT2D eigenvalue weighted by atomic mass is 9.61. The van der Waals surface area contributed by atoms with Crippen LogP contribution in [0.3, 0.4) is 0 Å². The molecule has 1 aliphatic carbocycles. The number of likely N-dealkylation sites (tertiary alicyclic amines) is 1. The third-order valence-corrected chi connectivity index (χ3v) is 7.37. The molecule has 4 heterocycles. The number of hydrogen-bond donors (Lipinski definition) is 0. The number of fused-ring (bicyclic) bond motifs is 2. The fraction of sp³-hybridized carbons (Fsp3) is 0.417. The van der Waals surface area contributed by atoms with Gasteiger partial charge in [-0.05, 0) is 62.1 Å². The molecule has 0 radical (unpaired) electrons. The minimum Gasteiger partial charge on any atom is -0.490 e. The lowest BCUT2D eigenvalue weighted by molar-refractivity contribution is -0.118. The first-order valence-electron chi connectivity index (χ1n) is 11.3. The van der Waals surface area contributed by atoms with E-state index in [2.05, 4.69) is 32.3 Å². The molecule has 1 aromatic carbocycles. The second-order valence-electron chi connectivity index (χ2n) is 9.50. The largest absolute Gasteiger partial charge is 0.490 e. The van der Waals surface area contributed by atoms with Crippen molar-refractivity contribution >= 4 is 28.0 Å². The zero-order valence-electron chi connectivity index (χ0n) is 18.4. The van der Waals surface area contributed by atoms with Gasteiger partial charge >= 0.3 is 0 Å². The van der Waals surface area contributed by atoms with E-state index in [4.69, 9.17) is 16.3 Å². The van der Waals surface area contributed by atoms with Crippen molar-refractivity contribution in [2.75, 3.05) is 19.6 Å². The first-order valence-corrected chi connectivity index (χ1v) is 11.7. The van der Waals surface area contributed by atoms with Crippen molar-refractivity contribution in [3.05, 3.63) is 63.9 Å². The van der Waals surface area contributed by atoms with Crippen molar-refractivity contribution in [2.24, 2.45) is 12.5 Å². The molecule has 6 rings (SSSR count). The van der Waals surface area contributed by atoms with E-state index in [-0.39, 0.29) is 11.7 Å². The van der Waals surface area contributed by atoms with Gasteiger partial charge in [-0.15, -0.1) is 10.2 Å². The Morgan fingerprint density at radius 2 is 2.09 bits per heavy atom. The average molecular weight is 465 g/mol. The van der Waals surface area contributed by atoms with E-state index in [9.17, 15) is 4.79 Å². The highest BCUT2D eigenvalue weighted by Crippen LogP contribution is 2.50. The summed E-state index contributed by atoms with van der Waals surface area (Å²) in [6, 6.07) is 7.85. The van der Waals surface area contributed by atoms with E-state index in [0.717, 1.165) is 51.0 Å². The Balaban J connectivity index is 1.01. The minimum atomic E-state index is -0.205. The Morgan fingerprint density at radius 3 is 2.94 bits per heavy atom. The average Bonchev–Trinajstić information content (AvgIpc) is 3.22. The number of hydrogen-bond acceptors (Lipinski definition) is 6. The van der Waals surface area contributed by atoms with Crippen molar-refractivity contribution in [2.45, 2.75) is 31.8 Å². The molecule has 0 unspecified atom stereocenters. The SMILES string of the molecule is Cn1ncc2c(OC3CC4(C3)CN(CCCc3ccn5cnnc5c3)C4)ccc(Cl)c2c1=O. The van der Waals surface area contributed by atoms with Gasteiger partial charge in [0.25, 0.3) is 5.56 Å². The Hall–Kier alpha value is -2.97. The molecule has 1 saturated carbocycles. The van der Waals surface area contributed by atoms with Gasteiger partial charge in [-0.25, -0.2) is 4.68 Å². The number of ether oxygens (including phenoxy) is 1. The fourth-order valence-corrected chi connectivity index (χ4v) is 5.64. The summed E-state index contributed by atoms with van der Waals surface area (Å²) in [7, 11) is 1.62. The fourth-order valence-electron chi connectivity index (χ4n) is 5.39. The van der Waals surface area contributed by atoms with Gasteiger partial charge < -0.3 is 9.64 Å². The van der Waals surface area contributed by atoms with Crippen LogP contribution < -0.4 is 10.3 Å². The van der Waals surface area contributed by atoms with Crippen molar-refractivity contribution < 1.29 is 4.74 Å². The molecule has 0 atom stereocenters. The highest BCUT2D eigenvalue weighted by Gasteiger charge is 2.53. The monoisotopic (exact) mass is 464 g/mol. The lowest BCUT2D eigenvalue weighted by Crippen LogP contribution is -2.64. The Bertz CT molecular complexity index is 1400. The van der Waals surface area contributed by atoms with Crippen LogP contribution in [-0.2, 0) is 13.5 Å². The van der Waals surface area contributed by atoms with Crippen molar-refractivity contribution in [3.63, 3.8) is 0 Å². The van der Waals surface area contributed by atoms with Crippen molar-refractivity contribution in [1.29, 1.82) is 0 Å². The van der Waals surface area contributed by atoms with E-state index in [1.165, 1.54) is 10.2 Å². The number of halogens is 1. The predicted octanol–water partition coefficient (Wildman–Crippen LogP) is 3.11. The van der Waals surface area contributed by atoms with E-state index < -0.39 is 0 Å². The second-order valence-corrected chi connectivity index (χ2v) is 9.91. The van der Waals surface area contributed by atoms with Gasteiger partial charge in [-0.2, -0.15) is 5.10 Å². The van der Waals surface area contributed by atoms with Gasteiger partial charge in [0.05, 0.1) is 28.1 Å². The Kier molecular flexibility index (Phi) is 4.88. The third-order valence-electron chi connectivity index (χ3n) is 7.06.